The molecule has 1 aliphatic carbocycles. The number of anilines is 1. The Bertz CT molecular complexity index is 619. The summed E-state index contributed by atoms with van der Waals surface area (Å²) in [6, 6.07) is 10.7. The Morgan fingerprint density at radius 3 is 2.80 bits per heavy atom. The van der Waals surface area contributed by atoms with Gasteiger partial charge >= 0.3 is 0 Å². The molecule has 0 aliphatic heterocycles. The van der Waals surface area contributed by atoms with E-state index in [1.165, 1.54) is 17.5 Å². The quantitative estimate of drug-likeness (QED) is 0.918. The Morgan fingerprint density at radius 1 is 1.25 bits per heavy atom. The summed E-state index contributed by atoms with van der Waals surface area (Å²) in [6.45, 7) is 7.23. The highest BCUT2D eigenvalue weighted by Gasteiger charge is 2.25. The van der Waals surface area contributed by atoms with Crippen molar-refractivity contribution in [3.8, 4) is 0 Å². The zero-order valence-corrected chi connectivity index (χ0v) is 12.4. The molecule has 1 atom stereocenters. The lowest BCUT2D eigenvalue weighted by Gasteiger charge is -2.30. The van der Waals surface area contributed by atoms with Crippen LogP contribution in [0, 0.1) is 6.92 Å². The van der Waals surface area contributed by atoms with E-state index in [-0.39, 0.29) is 0 Å². The van der Waals surface area contributed by atoms with Crippen LogP contribution in [0.1, 0.15) is 48.3 Å². The summed E-state index contributed by atoms with van der Waals surface area (Å²) in [6.07, 6.45) is 1.17. The number of hydrogen-bond donors (Lipinski definition) is 1. The summed E-state index contributed by atoms with van der Waals surface area (Å²) in [5.74, 6) is 2.84. The van der Waals surface area contributed by atoms with Gasteiger partial charge in [-0.2, -0.15) is 0 Å². The first kappa shape index (κ1) is 13.1. The lowest BCUT2D eigenvalue weighted by atomic mass is 9.77. The van der Waals surface area contributed by atoms with Crippen LogP contribution in [0.5, 0.6) is 0 Å². The minimum Gasteiger partial charge on any atom is -0.369 e. The summed E-state index contributed by atoms with van der Waals surface area (Å²) in [7, 11) is 0. The lowest BCUT2D eigenvalue weighted by molar-refractivity contribution is 0.633. The van der Waals surface area contributed by atoms with E-state index in [9.17, 15) is 0 Å². The topological polar surface area (TPSA) is 37.8 Å². The molecule has 0 bridgehead atoms. The zero-order valence-electron chi connectivity index (χ0n) is 12.4. The predicted molar refractivity (Wildman–Crippen MR) is 82.2 cm³/mol. The van der Waals surface area contributed by atoms with E-state index >= 15 is 0 Å². The van der Waals surface area contributed by atoms with Crippen LogP contribution >= 0.6 is 0 Å². The second-order valence-electron chi connectivity index (χ2n) is 5.89. The predicted octanol–water partition coefficient (Wildman–Crippen LogP) is 3.66. The highest BCUT2D eigenvalue weighted by atomic mass is 15.0. The third-order valence-electron chi connectivity index (χ3n) is 3.88. The number of hydrogen-bond acceptors (Lipinski definition) is 3. The van der Waals surface area contributed by atoms with Gasteiger partial charge in [-0.05, 0) is 24.5 Å². The SMILES string of the molecule is Cc1cc(NCC2Cc3ccccc32)nc(C(C)C)n1. The molecule has 1 unspecified atom stereocenters. The molecule has 20 heavy (non-hydrogen) atoms. The third kappa shape index (κ3) is 2.53. The van der Waals surface area contributed by atoms with Gasteiger partial charge in [-0.3, -0.25) is 0 Å². The molecule has 0 radical (unpaired) electrons. The van der Waals surface area contributed by atoms with Crippen molar-refractivity contribution in [1.29, 1.82) is 0 Å². The first-order valence-corrected chi connectivity index (χ1v) is 7.30. The van der Waals surface area contributed by atoms with Crippen LogP contribution in [0.4, 0.5) is 5.82 Å². The molecule has 0 amide bonds. The molecule has 1 aromatic carbocycles. The van der Waals surface area contributed by atoms with E-state index in [1.54, 1.807) is 0 Å². The fourth-order valence-corrected chi connectivity index (χ4v) is 2.71. The molecule has 1 heterocycles. The van der Waals surface area contributed by atoms with Crippen LogP contribution in [0.25, 0.3) is 0 Å². The fourth-order valence-electron chi connectivity index (χ4n) is 2.71. The number of aryl methyl sites for hydroxylation is 1. The number of benzene rings is 1. The van der Waals surface area contributed by atoms with Crippen molar-refractivity contribution >= 4 is 5.82 Å². The summed E-state index contributed by atoms with van der Waals surface area (Å²) >= 11 is 0. The van der Waals surface area contributed by atoms with E-state index in [0.717, 1.165) is 23.9 Å². The minimum atomic E-state index is 0.361. The molecular formula is C17H21N3. The number of rotatable bonds is 4. The zero-order chi connectivity index (χ0) is 14.1. The van der Waals surface area contributed by atoms with Gasteiger partial charge < -0.3 is 5.32 Å². The van der Waals surface area contributed by atoms with Crippen molar-refractivity contribution < 1.29 is 0 Å². The normalized spacial score (nSPS) is 16.7. The van der Waals surface area contributed by atoms with Crippen molar-refractivity contribution in [3.63, 3.8) is 0 Å². The van der Waals surface area contributed by atoms with Gasteiger partial charge in [0.15, 0.2) is 0 Å². The van der Waals surface area contributed by atoms with E-state index < -0.39 is 0 Å². The summed E-state index contributed by atoms with van der Waals surface area (Å²) in [4.78, 5) is 9.08. The Labute approximate surface area is 120 Å². The maximum absolute atomic E-state index is 4.60. The first-order valence-electron chi connectivity index (χ1n) is 7.30. The second-order valence-corrected chi connectivity index (χ2v) is 5.89. The molecule has 104 valence electrons. The standard InChI is InChI=1S/C17H21N3/c1-11(2)17-19-12(3)8-16(20-17)18-10-14-9-13-6-4-5-7-15(13)14/h4-8,11,14H,9-10H2,1-3H3,(H,18,19,20). The van der Waals surface area contributed by atoms with E-state index in [2.05, 4.69) is 53.4 Å². The van der Waals surface area contributed by atoms with Crippen LogP contribution in [-0.2, 0) is 6.42 Å². The molecule has 1 N–H and O–H groups in total. The highest BCUT2D eigenvalue weighted by Crippen LogP contribution is 2.34. The number of nitrogens with one attached hydrogen (secondary N) is 1. The van der Waals surface area contributed by atoms with Gasteiger partial charge in [0.25, 0.3) is 0 Å². The lowest BCUT2D eigenvalue weighted by Crippen LogP contribution is -2.24. The minimum absolute atomic E-state index is 0.361. The molecule has 0 saturated carbocycles. The highest BCUT2D eigenvalue weighted by molar-refractivity contribution is 5.43. The van der Waals surface area contributed by atoms with Crippen LogP contribution in [0.3, 0.4) is 0 Å². The van der Waals surface area contributed by atoms with Crippen LogP contribution in [0.15, 0.2) is 30.3 Å². The molecule has 0 spiro atoms. The van der Waals surface area contributed by atoms with Crippen molar-refractivity contribution in [2.24, 2.45) is 0 Å². The van der Waals surface area contributed by atoms with Crippen molar-refractivity contribution in [3.05, 3.63) is 53.0 Å². The smallest absolute Gasteiger partial charge is 0.133 e. The van der Waals surface area contributed by atoms with Gasteiger partial charge in [0.2, 0.25) is 0 Å². The average molecular weight is 267 g/mol. The van der Waals surface area contributed by atoms with Crippen LogP contribution < -0.4 is 5.32 Å². The van der Waals surface area contributed by atoms with E-state index in [0.29, 0.717) is 11.8 Å². The molecule has 3 rings (SSSR count). The Kier molecular flexibility index (Phi) is 3.43. The molecule has 0 fully saturated rings. The number of nitrogens with zero attached hydrogens (tertiary/aromatic N) is 2. The average Bonchev–Trinajstić information content (AvgIpc) is 2.39. The van der Waals surface area contributed by atoms with Gasteiger partial charge in [-0.15, -0.1) is 0 Å². The van der Waals surface area contributed by atoms with Gasteiger partial charge in [-0.1, -0.05) is 38.1 Å². The Morgan fingerprint density at radius 2 is 2.05 bits per heavy atom. The molecule has 2 aromatic rings. The molecule has 3 nitrogen and oxygen atoms in total. The van der Waals surface area contributed by atoms with Gasteiger partial charge in [0.05, 0.1) is 0 Å². The van der Waals surface area contributed by atoms with Crippen LogP contribution in [0.2, 0.25) is 0 Å². The summed E-state index contributed by atoms with van der Waals surface area (Å²) in [5, 5.41) is 3.47. The van der Waals surface area contributed by atoms with Gasteiger partial charge in [0.1, 0.15) is 11.6 Å². The summed E-state index contributed by atoms with van der Waals surface area (Å²) in [5.41, 5.74) is 4.00. The van der Waals surface area contributed by atoms with Gasteiger partial charge in [0, 0.05) is 30.1 Å². The van der Waals surface area contributed by atoms with Crippen molar-refractivity contribution in [1.82, 2.24) is 9.97 Å². The largest absolute Gasteiger partial charge is 0.369 e. The molecule has 1 aliphatic rings. The molecule has 1 aromatic heterocycles. The molecular weight excluding hydrogens is 246 g/mol. The maximum atomic E-state index is 4.60. The second kappa shape index (κ2) is 5.23. The fraction of sp³-hybridized carbons (Fsp3) is 0.412. The molecule has 3 heteroatoms. The first-order chi connectivity index (χ1) is 9.63. The number of fused-ring (bicyclic) bond motifs is 1. The number of aromatic nitrogens is 2. The molecule has 0 saturated heterocycles. The van der Waals surface area contributed by atoms with Gasteiger partial charge in [-0.25, -0.2) is 9.97 Å². The van der Waals surface area contributed by atoms with E-state index in [4.69, 9.17) is 0 Å². The van der Waals surface area contributed by atoms with Crippen LogP contribution in [-0.4, -0.2) is 16.5 Å². The van der Waals surface area contributed by atoms with E-state index in [1.807, 2.05) is 13.0 Å². The third-order valence-corrected chi connectivity index (χ3v) is 3.88. The van der Waals surface area contributed by atoms with Crippen molar-refractivity contribution in [2.45, 2.75) is 39.0 Å². The van der Waals surface area contributed by atoms with Crippen molar-refractivity contribution in [2.75, 3.05) is 11.9 Å². The Hall–Kier alpha value is -1.90. The summed E-state index contributed by atoms with van der Waals surface area (Å²) < 4.78 is 0. The Balaban J connectivity index is 1.68. The monoisotopic (exact) mass is 267 g/mol. The maximum Gasteiger partial charge on any atom is 0.133 e.